The van der Waals surface area contributed by atoms with Gasteiger partial charge in [-0.15, -0.1) is 6.58 Å². The molecule has 0 aliphatic heterocycles. The minimum Gasteiger partial charge on any atom is -0.277 e. The normalized spacial score (nSPS) is 10.5. The Bertz CT molecular complexity index is 420. The second kappa shape index (κ2) is 3.66. The van der Waals surface area contributed by atoms with Crippen molar-refractivity contribution in [1.82, 2.24) is 10.2 Å². The van der Waals surface area contributed by atoms with Crippen molar-refractivity contribution in [3.05, 3.63) is 36.9 Å². The minimum atomic E-state index is 0.898. The molecule has 13 heavy (non-hydrogen) atoms. The second-order valence-corrected chi connectivity index (χ2v) is 3.68. The molecule has 2 nitrogen and oxygen atoms in total. The highest BCUT2D eigenvalue weighted by Crippen LogP contribution is 2.24. The maximum absolute atomic E-state index is 4.22. The van der Waals surface area contributed by atoms with Crippen LogP contribution >= 0.6 is 11.8 Å². The summed E-state index contributed by atoms with van der Waals surface area (Å²) in [6.45, 7) is 3.68. The summed E-state index contributed by atoms with van der Waals surface area (Å²) in [5.74, 6) is 0.898. The highest BCUT2D eigenvalue weighted by atomic mass is 32.2. The van der Waals surface area contributed by atoms with E-state index in [0.717, 1.165) is 16.3 Å². The van der Waals surface area contributed by atoms with Gasteiger partial charge in [-0.05, 0) is 6.07 Å². The van der Waals surface area contributed by atoms with E-state index in [1.165, 1.54) is 5.39 Å². The first-order chi connectivity index (χ1) is 6.42. The number of para-hydroxylation sites is 1. The summed E-state index contributed by atoms with van der Waals surface area (Å²) in [7, 11) is 0. The van der Waals surface area contributed by atoms with Crippen molar-refractivity contribution in [1.29, 1.82) is 0 Å². The Balaban J connectivity index is 2.40. The number of aromatic amines is 1. The first-order valence-corrected chi connectivity index (χ1v) is 5.07. The van der Waals surface area contributed by atoms with Gasteiger partial charge >= 0.3 is 0 Å². The molecule has 1 aromatic carbocycles. The Kier molecular flexibility index (Phi) is 2.36. The summed E-state index contributed by atoms with van der Waals surface area (Å²) in [5.41, 5.74) is 1.09. The van der Waals surface area contributed by atoms with Crippen molar-refractivity contribution in [3.63, 3.8) is 0 Å². The number of thioether (sulfide) groups is 1. The number of hydrogen-bond acceptors (Lipinski definition) is 2. The fourth-order valence-corrected chi connectivity index (χ4v) is 1.91. The summed E-state index contributed by atoms with van der Waals surface area (Å²) in [4.78, 5) is 0. The van der Waals surface area contributed by atoms with E-state index in [1.807, 2.05) is 24.3 Å². The average molecular weight is 190 g/mol. The average Bonchev–Trinajstić information content (AvgIpc) is 2.58. The van der Waals surface area contributed by atoms with Crippen molar-refractivity contribution < 1.29 is 0 Å². The van der Waals surface area contributed by atoms with Crippen LogP contribution in [-0.4, -0.2) is 16.0 Å². The molecule has 0 radical (unpaired) electrons. The predicted molar refractivity (Wildman–Crippen MR) is 57.0 cm³/mol. The molecule has 1 heterocycles. The Hall–Kier alpha value is -1.22. The van der Waals surface area contributed by atoms with Crippen LogP contribution in [0.1, 0.15) is 0 Å². The first-order valence-electron chi connectivity index (χ1n) is 4.08. The molecule has 0 unspecified atom stereocenters. The van der Waals surface area contributed by atoms with Gasteiger partial charge in [-0.3, -0.25) is 5.10 Å². The lowest BCUT2D eigenvalue weighted by Gasteiger charge is -1.91. The van der Waals surface area contributed by atoms with E-state index in [0.29, 0.717) is 0 Å². The third-order valence-electron chi connectivity index (χ3n) is 1.77. The van der Waals surface area contributed by atoms with Gasteiger partial charge in [0, 0.05) is 11.1 Å². The maximum atomic E-state index is 4.22. The van der Waals surface area contributed by atoms with Gasteiger partial charge < -0.3 is 0 Å². The highest BCUT2D eigenvalue weighted by molar-refractivity contribution is 7.99. The molecule has 2 rings (SSSR count). The maximum Gasteiger partial charge on any atom is 0.126 e. The SMILES string of the molecule is C=CCSc1n[nH]c2ccccc12. The van der Waals surface area contributed by atoms with Gasteiger partial charge in [-0.2, -0.15) is 5.10 Å². The Morgan fingerprint density at radius 1 is 1.46 bits per heavy atom. The number of benzene rings is 1. The molecular weight excluding hydrogens is 180 g/mol. The monoisotopic (exact) mass is 190 g/mol. The number of hydrogen-bond donors (Lipinski definition) is 1. The lowest BCUT2D eigenvalue weighted by atomic mass is 10.3. The molecule has 0 amide bonds. The molecule has 0 fully saturated rings. The van der Waals surface area contributed by atoms with Crippen molar-refractivity contribution in [2.75, 3.05) is 5.75 Å². The second-order valence-electron chi connectivity index (χ2n) is 2.67. The standard InChI is InChI=1S/C10H10N2S/c1-2-7-13-10-8-5-3-4-6-9(8)11-12-10/h2-6H,1,7H2,(H,11,12). The van der Waals surface area contributed by atoms with Gasteiger partial charge in [-0.25, -0.2) is 0 Å². The Morgan fingerprint density at radius 2 is 2.31 bits per heavy atom. The van der Waals surface area contributed by atoms with Crippen LogP contribution < -0.4 is 0 Å². The fourth-order valence-electron chi connectivity index (χ4n) is 1.19. The number of aromatic nitrogens is 2. The number of fused-ring (bicyclic) bond motifs is 1. The Labute approximate surface area is 81.0 Å². The van der Waals surface area contributed by atoms with Gasteiger partial charge in [-0.1, -0.05) is 36.0 Å². The zero-order valence-electron chi connectivity index (χ0n) is 7.16. The molecule has 66 valence electrons. The zero-order chi connectivity index (χ0) is 9.10. The molecule has 0 atom stereocenters. The van der Waals surface area contributed by atoms with Gasteiger partial charge in [0.05, 0.1) is 5.52 Å². The number of rotatable bonds is 3. The van der Waals surface area contributed by atoms with E-state index >= 15 is 0 Å². The van der Waals surface area contributed by atoms with Crippen LogP contribution in [-0.2, 0) is 0 Å². The van der Waals surface area contributed by atoms with Crippen molar-refractivity contribution in [2.45, 2.75) is 5.03 Å². The van der Waals surface area contributed by atoms with Crippen LogP contribution in [0.4, 0.5) is 0 Å². The highest BCUT2D eigenvalue weighted by Gasteiger charge is 2.02. The minimum absolute atomic E-state index is 0.898. The summed E-state index contributed by atoms with van der Waals surface area (Å²) in [6.07, 6.45) is 1.88. The van der Waals surface area contributed by atoms with Crippen LogP contribution in [0.3, 0.4) is 0 Å². The van der Waals surface area contributed by atoms with Crippen LogP contribution in [0.25, 0.3) is 10.9 Å². The molecule has 3 heteroatoms. The van der Waals surface area contributed by atoms with Crippen molar-refractivity contribution in [3.8, 4) is 0 Å². The smallest absolute Gasteiger partial charge is 0.126 e. The largest absolute Gasteiger partial charge is 0.277 e. The molecule has 0 spiro atoms. The van der Waals surface area contributed by atoms with Gasteiger partial charge in [0.1, 0.15) is 5.03 Å². The molecule has 0 aliphatic carbocycles. The van der Waals surface area contributed by atoms with E-state index in [1.54, 1.807) is 11.8 Å². The summed E-state index contributed by atoms with van der Waals surface area (Å²) >= 11 is 1.70. The molecule has 0 saturated carbocycles. The van der Waals surface area contributed by atoms with Crippen molar-refractivity contribution in [2.24, 2.45) is 0 Å². The van der Waals surface area contributed by atoms with Crippen LogP contribution in [0.2, 0.25) is 0 Å². The topological polar surface area (TPSA) is 28.7 Å². The third-order valence-corrected chi connectivity index (χ3v) is 2.76. The quantitative estimate of drug-likeness (QED) is 0.595. The van der Waals surface area contributed by atoms with Crippen LogP contribution in [0, 0.1) is 0 Å². The number of H-pyrrole nitrogens is 1. The van der Waals surface area contributed by atoms with E-state index < -0.39 is 0 Å². The molecular formula is C10H10N2S. The molecule has 0 aliphatic rings. The molecule has 0 saturated heterocycles. The zero-order valence-corrected chi connectivity index (χ0v) is 7.97. The van der Waals surface area contributed by atoms with Gasteiger partial charge in [0.25, 0.3) is 0 Å². The van der Waals surface area contributed by atoms with E-state index in [9.17, 15) is 0 Å². The molecule has 1 N–H and O–H groups in total. The molecule has 2 aromatic rings. The lowest BCUT2D eigenvalue weighted by molar-refractivity contribution is 1.02. The number of nitrogens with zero attached hydrogens (tertiary/aromatic N) is 1. The van der Waals surface area contributed by atoms with Crippen LogP contribution in [0.15, 0.2) is 41.9 Å². The summed E-state index contributed by atoms with van der Waals surface area (Å²) in [6, 6.07) is 8.13. The predicted octanol–water partition coefficient (Wildman–Crippen LogP) is 2.84. The van der Waals surface area contributed by atoms with Gasteiger partial charge in [0.15, 0.2) is 0 Å². The van der Waals surface area contributed by atoms with Crippen LogP contribution in [0.5, 0.6) is 0 Å². The van der Waals surface area contributed by atoms with Gasteiger partial charge in [0.2, 0.25) is 0 Å². The third kappa shape index (κ3) is 1.60. The van der Waals surface area contributed by atoms with E-state index in [4.69, 9.17) is 0 Å². The summed E-state index contributed by atoms with van der Waals surface area (Å²) in [5, 5.41) is 9.46. The molecule has 1 aromatic heterocycles. The first kappa shape index (κ1) is 8.38. The van der Waals surface area contributed by atoms with E-state index in [-0.39, 0.29) is 0 Å². The van der Waals surface area contributed by atoms with E-state index in [2.05, 4.69) is 22.8 Å². The lowest BCUT2D eigenvalue weighted by Crippen LogP contribution is -1.73. The van der Waals surface area contributed by atoms with Crippen molar-refractivity contribution >= 4 is 22.7 Å². The summed E-state index contributed by atoms with van der Waals surface area (Å²) < 4.78 is 0. The number of nitrogens with one attached hydrogen (secondary N) is 1. The fraction of sp³-hybridized carbons (Fsp3) is 0.100. The Morgan fingerprint density at radius 3 is 3.15 bits per heavy atom. The molecule has 0 bridgehead atoms.